The molecule has 1 aromatic rings. The van der Waals surface area contributed by atoms with Gasteiger partial charge < -0.3 is 15.3 Å². The zero-order valence-corrected chi connectivity index (χ0v) is 6.87. The van der Waals surface area contributed by atoms with Crippen LogP contribution in [-0.4, -0.2) is 16.1 Å². The minimum Gasteiger partial charge on any atom is -0.474 e. The van der Waals surface area contributed by atoms with Gasteiger partial charge in [0.2, 0.25) is 0 Å². The summed E-state index contributed by atoms with van der Waals surface area (Å²) < 4.78 is 4.87. The molecule has 12 heavy (non-hydrogen) atoms. The Morgan fingerprint density at radius 2 is 2.33 bits per heavy atom. The molecule has 0 bridgehead atoms. The number of carboxylic acid groups (broad SMARTS) is 1. The quantitative estimate of drug-likeness (QED) is 0.677. The van der Waals surface area contributed by atoms with Gasteiger partial charge in [0.15, 0.2) is 0 Å². The van der Waals surface area contributed by atoms with Crippen molar-refractivity contribution in [2.45, 2.75) is 19.4 Å². The largest absolute Gasteiger partial charge is 0.474 e. The van der Waals surface area contributed by atoms with E-state index in [4.69, 9.17) is 15.3 Å². The smallest absolute Gasteiger partial charge is 0.392 e. The first-order valence-corrected chi connectivity index (χ1v) is 3.40. The van der Waals surface area contributed by atoms with Crippen LogP contribution in [0, 0.1) is 0 Å². The number of hydrogen-bond donors (Lipinski definition) is 2. The third-order valence-electron chi connectivity index (χ3n) is 1.32. The van der Waals surface area contributed by atoms with Crippen molar-refractivity contribution in [3.05, 3.63) is 17.8 Å². The van der Waals surface area contributed by atoms with Crippen molar-refractivity contribution in [1.82, 2.24) is 4.98 Å². The summed E-state index contributed by atoms with van der Waals surface area (Å²) in [7, 11) is 0. The van der Waals surface area contributed by atoms with E-state index in [0.29, 0.717) is 5.76 Å². The van der Waals surface area contributed by atoms with E-state index >= 15 is 0 Å². The van der Waals surface area contributed by atoms with E-state index in [2.05, 4.69) is 4.98 Å². The second kappa shape index (κ2) is 2.60. The molecule has 1 rings (SSSR count). The Labute approximate surface area is 69.2 Å². The monoisotopic (exact) mass is 170 g/mol. The lowest BCUT2D eigenvalue weighted by Gasteiger charge is -2.13. The lowest BCUT2D eigenvalue weighted by atomic mass is 10.1. The average molecular weight is 170 g/mol. The molecule has 0 aliphatic rings. The number of nitrogens with zero attached hydrogens (tertiary/aromatic N) is 1. The van der Waals surface area contributed by atoms with Crippen molar-refractivity contribution in [2.24, 2.45) is 5.73 Å². The molecule has 0 atom stereocenters. The lowest BCUT2D eigenvalue weighted by molar-refractivity contribution is 0.0650. The van der Waals surface area contributed by atoms with Crippen LogP contribution in [-0.2, 0) is 5.54 Å². The van der Waals surface area contributed by atoms with Crippen LogP contribution in [0.1, 0.15) is 30.3 Å². The molecule has 0 fully saturated rings. The number of oxazole rings is 1. The predicted molar refractivity (Wildman–Crippen MR) is 40.7 cm³/mol. The van der Waals surface area contributed by atoms with Crippen molar-refractivity contribution in [2.75, 3.05) is 0 Å². The number of aromatic carboxylic acids is 1. The number of carboxylic acids is 1. The van der Waals surface area contributed by atoms with Gasteiger partial charge in [0, 0.05) is 0 Å². The van der Waals surface area contributed by atoms with Gasteiger partial charge in [-0.25, -0.2) is 9.78 Å². The van der Waals surface area contributed by atoms with Crippen LogP contribution in [0.15, 0.2) is 10.6 Å². The van der Waals surface area contributed by atoms with Crippen LogP contribution in [0.5, 0.6) is 0 Å². The van der Waals surface area contributed by atoms with Gasteiger partial charge in [-0.15, -0.1) is 0 Å². The summed E-state index contributed by atoms with van der Waals surface area (Å²) in [5.41, 5.74) is 4.95. The van der Waals surface area contributed by atoms with Gasteiger partial charge in [-0.1, -0.05) is 0 Å². The molecule has 0 amide bonds. The first-order chi connectivity index (χ1) is 5.41. The van der Waals surface area contributed by atoms with E-state index in [0.717, 1.165) is 0 Å². The highest BCUT2D eigenvalue weighted by Crippen LogP contribution is 2.17. The van der Waals surface area contributed by atoms with E-state index in [1.807, 2.05) is 0 Å². The Balaban J connectivity index is 3.00. The molecule has 0 aliphatic carbocycles. The fourth-order valence-corrected chi connectivity index (χ4v) is 0.671. The molecule has 0 unspecified atom stereocenters. The summed E-state index contributed by atoms with van der Waals surface area (Å²) >= 11 is 0. The van der Waals surface area contributed by atoms with Crippen LogP contribution >= 0.6 is 0 Å². The lowest BCUT2D eigenvalue weighted by Crippen LogP contribution is -2.27. The molecule has 1 heterocycles. The Kier molecular flexibility index (Phi) is 1.89. The molecule has 0 aliphatic heterocycles. The highest BCUT2D eigenvalue weighted by Gasteiger charge is 2.21. The van der Waals surface area contributed by atoms with E-state index in [9.17, 15) is 4.79 Å². The SMILES string of the molecule is CC(C)(N)c1cnc(C(=O)O)o1. The molecule has 0 spiro atoms. The number of hydrogen-bond acceptors (Lipinski definition) is 4. The third-order valence-corrected chi connectivity index (χ3v) is 1.32. The first-order valence-electron chi connectivity index (χ1n) is 3.40. The van der Waals surface area contributed by atoms with Gasteiger partial charge in [-0.2, -0.15) is 0 Å². The summed E-state index contributed by atoms with van der Waals surface area (Å²) in [5, 5.41) is 8.47. The maximum Gasteiger partial charge on any atom is 0.392 e. The molecule has 66 valence electrons. The normalized spacial score (nSPS) is 11.6. The average Bonchev–Trinajstić information content (AvgIpc) is 2.30. The van der Waals surface area contributed by atoms with Crippen molar-refractivity contribution in [3.8, 4) is 0 Å². The maximum atomic E-state index is 10.3. The molecule has 3 N–H and O–H groups in total. The minimum absolute atomic E-state index is 0.330. The van der Waals surface area contributed by atoms with Crippen molar-refractivity contribution in [3.63, 3.8) is 0 Å². The number of carbonyl (C=O) groups is 1. The van der Waals surface area contributed by atoms with Gasteiger partial charge in [0.05, 0.1) is 11.7 Å². The zero-order chi connectivity index (χ0) is 9.35. The van der Waals surface area contributed by atoms with Crippen molar-refractivity contribution >= 4 is 5.97 Å². The molecule has 0 saturated carbocycles. The van der Waals surface area contributed by atoms with Gasteiger partial charge >= 0.3 is 11.9 Å². The van der Waals surface area contributed by atoms with Crippen molar-refractivity contribution in [1.29, 1.82) is 0 Å². The molecule has 5 nitrogen and oxygen atoms in total. The van der Waals surface area contributed by atoms with Crippen molar-refractivity contribution < 1.29 is 14.3 Å². The Bertz CT molecular complexity index is 298. The number of rotatable bonds is 2. The summed E-state index contributed by atoms with van der Waals surface area (Å²) in [5.74, 6) is -1.16. The predicted octanol–water partition coefficient (Wildman–Crippen LogP) is 0.567. The van der Waals surface area contributed by atoms with E-state index < -0.39 is 11.5 Å². The molecule has 0 saturated heterocycles. The Hall–Kier alpha value is -1.36. The Morgan fingerprint density at radius 1 is 1.75 bits per heavy atom. The standard InChI is InChI=1S/C7H10N2O3/c1-7(2,8)4-3-9-5(12-4)6(10)11/h3H,8H2,1-2H3,(H,10,11). The van der Waals surface area contributed by atoms with Crippen LogP contribution < -0.4 is 5.73 Å². The van der Waals surface area contributed by atoms with E-state index in [-0.39, 0.29) is 5.89 Å². The van der Waals surface area contributed by atoms with E-state index in [1.165, 1.54) is 6.20 Å². The van der Waals surface area contributed by atoms with Crippen LogP contribution in [0.3, 0.4) is 0 Å². The fourth-order valence-electron chi connectivity index (χ4n) is 0.671. The molecule has 5 heteroatoms. The topological polar surface area (TPSA) is 89.3 Å². The van der Waals surface area contributed by atoms with Gasteiger partial charge in [0.25, 0.3) is 0 Å². The van der Waals surface area contributed by atoms with Gasteiger partial charge in [0.1, 0.15) is 5.76 Å². The fraction of sp³-hybridized carbons (Fsp3) is 0.429. The molecule has 0 aromatic carbocycles. The maximum absolute atomic E-state index is 10.3. The van der Waals surface area contributed by atoms with Crippen LogP contribution in [0.25, 0.3) is 0 Å². The minimum atomic E-state index is -1.19. The molecular formula is C7H10N2O3. The highest BCUT2D eigenvalue weighted by atomic mass is 16.4. The second-order valence-electron chi connectivity index (χ2n) is 3.06. The number of nitrogens with two attached hydrogens (primary N) is 1. The second-order valence-corrected chi connectivity index (χ2v) is 3.06. The molecule has 0 radical (unpaired) electrons. The van der Waals surface area contributed by atoms with Gasteiger partial charge in [-0.05, 0) is 13.8 Å². The van der Waals surface area contributed by atoms with Gasteiger partial charge in [-0.3, -0.25) is 0 Å². The van der Waals surface area contributed by atoms with Crippen LogP contribution in [0.2, 0.25) is 0 Å². The molecule has 1 aromatic heterocycles. The summed E-state index contributed by atoms with van der Waals surface area (Å²) in [6.45, 7) is 3.41. The van der Waals surface area contributed by atoms with Crippen LogP contribution in [0.4, 0.5) is 0 Å². The highest BCUT2D eigenvalue weighted by molar-refractivity contribution is 5.82. The summed E-state index contributed by atoms with van der Waals surface area (Å²) in [6.07, 6.45) is 1.32. The third kappa shape index (κ3) is 1.62. The Morgan fingerprint density at radius 3 is 2.58 bits per heavy atom. The molecular weight excluding hydrogens is 160 g/mol. The number of aromatic nitrogens is 1. The zero-order valence-electron chi connectivity index (χ0n) is 6.87. The van der Waals surface area contributed by atoms with E-state index in [1.54, 1.807) is 13.8 Å². The first kappa shape index (κ1) is 8.73. The summed E-state index contributed by atoms with van der Waals surface area (Å²) in [4.78, 5) is 13.9. The summed E-state index contributed by atoms with van der Waals surface area (Å²) in [6, 6.07) is 0.